The number of anilines is 1. The molecule has 1 aromatic heterocycles. The first kappa shape index (κ1) is 15.3. The van der Waals surface area contributed by atoms with Gasteiger partial charge in [-0.1, -0.05) is 32.8 Å². The molecule has 0 saturated carbocycles. The van der Waals surface area contributed by atoms with Crippen LogP contribution in [0.5, 0.6) is 0 Å². The number of hydrogen-bond acceptors (Lipinski definition) is 3. The smallest absolute Gasteiger partial charge is 0.125 e. The molecule has 1 aliphatic rings. The van der Waals surface area contributed by atoms with Crippen LogP contribution in [0, 0.1) is 0 Å². The maximum Gasteiger partial charge on any atom is 0.125 e. The minimum Gasteiger partial charge on any atom is -0.370 e. The van der Waals surface area contributed by atoms with E-state index in [1.807, 2.05) is 6.20 Å². The van der Waals surface area contributed by atoms with Gasteiger partial charge >= 0.3 is 0 Å². The number of nitrogens with one attached hydrogen (secondary N) is 1. The molecule has 1 saturated heterocycles. The average Bonchev–Trinajstić information content (AvgIpc) is 2.49. The van der Waals surface area contributed by atoms with Crippen LogP contribution in [0.4, 0.5) is 5.82 Å². The van der Waals surface area contributed by atoms with Crippen molar-refractivity contribution in [1.29, 1.82) is 0 Å². The summed E-state index contributed by atoms with van der Waals surface area (Å²) in [6, 6.07) is 5.12. The maximum absolute atomic E-state index is 4.51. The van der Waals surface area contributed by atoms with E-state index in [0.717, 1.165) is 31.4 Å². The summed E-state index contributed by atoms with van der Waals surface area (Å²) >= 11 is 0. The SMILES string of the molecule is CCCNc1ccc(CN2CCCCC2CCC)cn1. The fraction of sp³-hybridized carbons (Fsp3) is 0.706. The Morgan fingerprint density at radius 3 is 2.85 bits per heavy atom. The largest absolute Gasteiger partial charge is 0.370 e. The molecule has 1 atom stereocenters. The molecule has 0 bridgehead atoms. The van der Waals surface area contributed by atoms with E-state index in [9.17, 15) is 0 Å². The van der Waals surface area contributed by atoms with E-state index in [1.165, 1.54) is 44.2 Å². The average molecular weight is 275 g/mol. The Morgan fingerprint density at radius 2 is 2.15 bits per heavy atom. The van der Waals surface area contributed by atoms with Crippen molar-refractivity contribution in [2.45, 2.75) is 65.0 Å². The van der Waals surface area contributed by atoms with E-state index in [4.69, 9.17) is 0 Å². The Morgan fingerprint density at radius 1 is 1.25 bits per heavy atom. The highest BCUT2D eigenvalue weighted by Crippen LogP contribution is 2.22. The molecular weight excluding hydrogens is 246 g/mol. The molecule has 20 heavy (non-hydrogen) atoms. The topological polar surface area (TPSA) is 28.2 Å². The second-order valence-corrected chi connectivity index (χ2v) is 5.89. The summed E-state index contributed by atoms with van der Waals surface area (Å²) in [6.45, 7) is 7.78. The molecule has 1 unspecified atom stereocenters. The molecule has 0 aliphatic carbocycles. The number of hydrogen-bond donors (Lipinski definition) is 1. The van der Waals surface area contributed by atoms with Gasteiger partial charge in [-0.05, 0) is 43.9 Å². The van der Waals surface area contributed by atoms with Gasteiger partial charge in [0.05, 0.1) is 0 Å². The third-order valence-corrected chi connectivity index (χ3v) is 4.14. The second-order valence-electron chi connectivity index (χ2n) is 5.89. The van der Waals surface area contributed by atoms with Crippen LogP contribution in [-0.2, 0) is 6.54 Å². The van der Waals surface area contributed by atoms with Crippen molar-refractivity contribution in [3.8, 4) is 0 Å². The summed E-state index contributed by atoms with van der Waals surface area (Å²) in [5.41, 5.74) is 1.34. The number of nitrogens with zero attached hydrogens (tertiary/aromatic N) is 2. The van der Waals surface area contributed by atoms with Crippen LogP contribution in [-0.4, -0.2) is 29.0 Å². The quantitative estimate of drug-likeness (QED) is 0.813. The Bertz CT molecular complexity index is 372. The van der Waals surface area contributed by atoms with Crippen LogP contribution < -0.4 is 5.32 Å². The predicted molar refractivity (Wildman–Crippen MR) is 86.0 cm³/mol. The lowest BCUT2D eigenvalue weighted by atomic mass is 9.98. The molecular formula is C17H29N3. The third-order valence-electron chi connectivity index (χ3n) is 4.14. The number of pyridine rings is 1. The van der Waals surface area contributed by atoms with Gasteiger partial charge in [-0.25, -0.2) is 4.98 Å². The summed E-state index contributed by atoms with van der Waals surface area (Å²) in [7, 11) is 0. The van der Waals surface area contributed by atoms with Gasteiger partial charge in [0.2, 0.25) is 0 Å². The molecule has 0 amide bonds. The lowest BCUT2D eigenvalue weighted by Crippen LogP contribution is -2.38. The lowest BCUT2D eigenvalue weighted by molar-refractivity contribution is 0.131. The van der Waals surface area contributed by atoms with Crippen molar-refractivity contribution in [3.05, 3.63) is 23.9 Å². The summed E-state index contributed by atoms with van der Waals surface area (Å²) in [5.74, 6) is 0.999. The predicted octanol–water partition coefficient (Wildman–Crippen LogP) is 4.06. The minimum absolute atomic E-state index is 0.784. The van der Waals surface area contributed by atoms with Gasteiger partial charge in [0, 0.05) is 25.3 Å². The zero-order valence-electron chi connectivity index (χ0n) is 13.1. The molecule has 2 heterocycles. The molecule has 1 aromatic rings. The lowest BCUT2D eigenvalue weighted by Gasteiger charge is -2.35. The summed E-state index contributed by atoms with van der Waals surface area (Å²) < 4.78 is 0. The van der Waals surface area contributed by atoms with E-state index in [0.29, 0.717) is 0 Å². The van der Waals surface area contributed by atoms with Crippen molar-refractivity contribution in [2.75, 3.05) is 18.4 Å². The van der Waals surface area contributed by atoms with Crippen LogP contribution in [0.2, 0.25) is 0 Å². The van der Waals surface area contributed by atoms with E-state index in [2.05, 4.69) is 41.2 Å². The molecule has 3 heteroatoms. The van der Waals surface area contributed by atoms with E-state index in [1.54, 1.807) is 0 Å². The van der Waals surface area contributed by atoms with Crippen LogP contribution in [0.15, 0.2) is 18.3 Å². The molecule has 1 aliphatic heterocycles. The van der Waals surface area contributed by atoms with Crippen LogP contribution in [0.1, 0.15) is 57.9 Å². The van der Waals surface area contributed by atoms with Gasteiger partial charge in [-0.2, -0.15) is 0 Å². The Hall–Kier alpha value is -1.09. The van der Waals surface area contributed by atoms with Crippen molar-refractivity contribution >= 4 is 5.82 Å². The van der Waals surface area contributed by atoms with Gasteiger partial charge in [-0.15, -0.1) is 0 Å². The number of likely N-dealkylation sites (tertiary alicyclic amines) is 1. The van der Waals surface area contributed by atoms with Crippen molar-refractivity contribution < 1.29 is 0 Å². The van der Waals surface area contributed by atoms with Gasteiger partial charge in [0.25, 0.3) is 0 Å². The van der Waals surface area contributed by atoms with Crippen LogP contribution in [0.3, 0.4) is 0 Å². The minimum atomic E-state index is 0.784. The summed E-state index contributed by atoms with van der Waals surface area (Å²) in [6.07, 6.45) is 9.93. The zero-order chi connectivity index (χ0) is 14.2. The molecule has 112 valence electrons. The van der Waals surface area contributed by atoms with Gasteiger partial charge in [0.1, 0.15) is 5.82 Å². The Labute approximate surface area is 123 Å². The first-order valence-electron chi connectivity index (χ1n) is 8.26. The van der Waals surface area contributed by atoms with Gasteiger partial charge < -0.3 is 5.32 Å². The molecule has 0 spiro atoms. The normalized spacial score (nSPS) is 20.0. The van der Waals surface area contributed by atoms with E-state index < -0.39 is 0 Å². The molecule has 0 radical (unpaired) electrons. The fourth-order valence-corrected chi connectivity index (χ4v) is 3.04. The zero-order valence-corrected chi connectivity index (χ0v) is 13.1. The van der Waals surface area contributed by atoms with Gasteiger partial charge in [-0.3, -0.25) is 4.90 Å². The number of piperidine rings is 1. The highest BCUT2D eigenvalue weighted by molar-refractivity contribution is 5.35. The van der Waals surface area contributed by atoms with Crippen LogP contribution in [0.25, 0.3) is 0 Å². The Kier molecular flexibility index (Phi) is 6.31. The first-order valence-corrected chi connectivity index (χ1v) is 8.26. The molecule has 0 aromatic carbocycles. The second kappa shape index (κ2) is 8.25. The first-order chi connectivity index (χ1) is 9.83. The maximum atomic E-state index is 4.51. The molecule has 1 fully saturated rings. The molecule has 3 nitrogen and oxygen atoms in total. The highest BCUT2D eigenvalue weighted by atomic mass is 15.2. The summed E-state index contributed by atoms with van der Waals surface area (Å²) in [5, 5.41) is 3.33. The molecule has 2 rings (SSSR count). The number of rotatable bonds is 7. The Balaban J connectivity index is 1.90. The van der Waals surface area contributed by atoms with Crippen molar-refractivity contribution in [3.63, 3.8) is 0 Å². The highest BCUT2D eigenvalue weighted by Gasteiger charge is 2.21. The molecule has 1 N–H and O–H groups in total. The summed E-state index contributed by atoms with van der Waals surface area (Å²) in [4.78, 5) is 7.17. The van der Waals surface area contributed by atoms with Crippen LogP contribution >= 0.6 is 0 Å². The van der Waals surface area contributed by atoms with E-state index >= 15 is 0 Å². The third kappa shape index (κ3) is 4.48. The monoisotopic (exact) mass is 275 g/mol. The van der Waals surface area contributed by atoms with E-state index in [-0.39, 0.29) is 0 Å². The fourth-order valence-electron chi connectivity index (χ4n) is 3.04. The van der Waals surface area contributed by atoms with Gasteiger partial charge in [0.15, 0.2) is 0 Å². The van der Waals surface area contributed by atoms with Crippen molar-refractivity contribution in [1.82, 2.24) is 9.88 Å². The number of aromatic nitrogens is 1. The standard InChI is InChI=1S/C17H29N3/c1-3-7-16-8-5-6-12-20(16)14-15-9-10-17(19-13-15)18-11-4-2/h9-10,13,16H,3-8,11-12,14H2,1-2H3,(H,18,19). The van der Waals surface area contributed by atoms with Crippen molar-refractivity contribution in [2.24, 2.45) is 0 Å².